The Balaban J connectivity index is 1.98. The molecule has 0 spiro atoms. The first kappa shape index (κ1) is 16.9. The number of benzene rings is 2. The van der Waals surface area contributed by atoms with Crippen LogP contribution in [0.15, 0.2) is 48.0 Å². The van der Waals surface area contributed by atoms with Gasteiger partial charge in [-0.1, -0.05) is 18.2 Å². The Morgan fingerprint density at radius 1 is 1.08 bits per heavy atom. The van der Waals surface area contributed by atoms with E-state index >= 15 is 0 Å². The molecule has 0 unspecified atom stereocenters. The lowest BCUT2D eigenvalue weighted by atomic mass is 10.1. The van der Waals surface area contributed by atoms with E-state index in [1.165, 1.54) is 36.4 Å². The van der Waals surface area contributed by atoms with E-state index in [1.807, 2.05) is 0 Å². The van der Waals surface area contributed by atoms with E-state index in [0.717, 1.165) is 5.56 Å². The molecule has 0 bridgehead atoms. The summed E-state index contributed by atoms with van der Waals surface area (Å²) in [5.41, 5.74) is 1.05. The van der Waals surface area contributed by atoms with Crippen LogP contribution in [0.25, 0.3) is 6.08 Å². The van der Waals surface area contributed by atoms with E-state index in [4.69, 9.17) is 10.00 Å². The second kappa shape index (κ2) is 7.70. The van der Waals surface area contributed by atoms with Crippen LogP contribution >= 0.6 is 0 Å². The summed E-state index contributed by atoms with van der Waals surface area (Å²) in [6.45, 7) is 0.0868. The molecule has 0 amide bonds. The van der Waals surface area contributed by atoms with Crippen molar-refractivity contribution >= 4 is 12.0 Å². The first-order valence-corrected chi connectivity index (χ1v) is 7.08. The van der Waals surface area contributed by atoms with Crippen LogP contribution in [-0.4, -0.2) is 27.9 Å². The van der Waals surface area contributed by atoms with Gasteiger partial charge in [0.05, 0.1) is 6.61 Å². The van der Waals surface area contributed by atoms with E-state index in [2.05, 4.69) is 0 Å². The van der Waals surface area contributed by atoms with Gasteiger partial charge in [0.2, 0.25) is 0 Å². The number of ether oxygens (including phenoxy) is 1. The van der Waals surface area contributed by atoms with E-state index in [-0.39, 0.29) is 29.4 Å². The molecule has 0 saturated heterocycles. The zero-order chi connectivity index (χ0) is 17.5. The highest BCUT2D eigenvalue weighted by atomic mass is 16.5. The SMILES string of the molecule is N#C/C(=C\c1ccc(O)c(O)c1)C(=O)OCCc1ccc(O)cc1. The summed E-state index contributed by atoms with van der Waals surface area (Å²) in [7, 11) is 0. The monoisotopic (exact) mass is 325 g/mol. The topological polar surface area (TPSA) is 111 Å². The highest BCUT2D eigenvalue weighted by molar-refractivity contribution is 5.97. The Hall–Kier alpha value is -3.46. The standard InChI is InChI=1S/C18H15NO5/c19-11-14(9-13-3-6-16(21)17(22)10-13)18(23)24-8-7-12-1-4-15(20)5-2-12/h1-6,9-10,20-22H,7-8H2/b14-9+. The number of carbonyl (C=O) groups excluding carboxylic acids is 1. The molecule has 0 heterocycles. The molecule has 0 fully saturated rings. The normalized spacial score (nSPS) is 10.9. The summed E-state index contributed by atoms with van der Waals surface area (Å²) in [6.07, 6.45) is 1.72. The highest BCUT2D eigenvalue weighted by Crippen LogP contribution is 2.26. The quantitative estimate of drug-likeness (QED) is 0.337. The van der Waals surface area contributed by atoms with Crippen molar-refractivity contribution < 1.29 is 24.9 Å². The fourth-order valence-corrected chi connectivity index (χ4v) is 1.94. The Labute approximate surface area is 138 Å². The van der Waals surface area contributed by atoms with Gasteiger partial charge in [0.15, 0.2) is 11.5 Å². The molecule has 2 aromatic rings. The first-order chi connectivity index (χ1) is 11.5. The molecule has 0 aliphatic rings. The summed E-state index contributed by atoms with van der Waals surface area (Å²) in [5, 5.41) is 36.9. The van der Waals surface area contributed by atoms with Gasteiger partial charge < -0.3 is 20.1 Å². The van der Waals surface area contributed by atoms with Gasteiger partial charge >= 0.3 is 5.97 Å². The minimum Gasteiger partial charge on any atom is -0.508 e. The van der Waals surface area contributed by atoms with Crippen molar-refractivity contribution in [3.05, 3.63) is 59.2 Å². The number of nitriles is 1. The number of carbonyl (C=O) groups is 1. The van der Waals surface area contributed by atoms with Crippen molar-refractivity contribution in [2.45, 2.75) is 6.42 Å². The number of phenolic OH excluding ortho intramolecular Hbond substituents is 3. The number of nitrogens with zero attached hydrogens (tertiary/aromatic N) is 1. The lowest BCUT2D eigenvalue weighted by Gasteiger charge is -2.05. The molecule has 6 nitrogen and oxygen atoms in total. The molecule has 2 rings (SSSR count). The Kier molecular flexibility index (Phi) is 5.42. The van der Waals surface area contributed by atoms with E-state index < -0.39 is 5.97 Å². The van der Waals surface area contributed by atoms with E-state index in [1.54, 1.807) is 18.2 Å². The Bertz CT molecular complexity index is 803. The van der Waals surface area contributed by atoms with Crippen LogP contribution in [0, 0.1) is 11.3 Å². The zero-order valence-corrected chi connectivity index (χ0v) is 12.6. The summed E-state index contributed by atoms with van der Waals surface area (Å²) in [6, 6.07) is 12.2. The van der Waals surface area contributed by atoms with Crippen molar-refractivity contribution in [2.24, 2.45) is 0 Å². The minimum atomic E-state index is -0.774. The van der Waals surface area contributed by atoms with Gasteiger partial charge in [-0.25, -0.2) is 4.79 Å². The maximum atomic E-state index is 11.9. The largest absolute Gasteiger partial charge is 0.508 e. The van der Waals surface area contributed by atoms with Crippen molar-refractivity contribution in [1.82, 2.24) is 0 Å². The van der Waals surface area contributed by atoms with Crippen LogP contribution in [-0.2, 0) is 16.0 Å². The first-order valence-electron chi connectivity index (χ1n) is 7.08. The molecule has 0 aliphatic carbocycles. The number of hydrogen-bond donors (Lipinski definition) is 3. The van der Waals surface area contributed by atoms with Crippen molar-refractivity contribution in [3.8, 4) is 23.3 Å². The zero-order valence-electron chi connectivity index (χ0n) is 12.6. The van der Waals surface area contributed by atoms with Crippen LogP contribution in [0.2, 0.25) is 0 Å². The van der Waals surface area contributed by atoms with Crippen LogP contribution in [0.5, 0.6) is 17.2 Å². The molecule has 122 valence electrons. The lowest BCUT2D eigenvalue weighted by molar-refractivity contribution is -0.138. The van der Waals surface area contributed by atoms with E-state index in [9.17, 15) is 20.1 Å². The Morgan fingerprint density at radius 2 is 1.79 bits per heavy atom. The molecule has 0 radical (unpaired) electrons. The Morgan fingerprint density at radius 3 is 2.42 bits per heavy atom. The van der Waals surface area contributed by atoms with Gasteiger partial charge in [-0.05, 0) is 41.5 Å². The van der Waals surface area contributed by atoms with Gasteiger partial charge in [0.1, 0.15) is 17.4 Å². The minimum absolute atomic E-state index is 0.0868. The highest BCUT2D eigenvalue weighted by Gasteiger charge is 2.11. The molecule has 6 heteroatoms. The van der Waals surface area contributed by atoms with Gasteiger partial charge in [-0.15, -0.1) is 0 Å². The average Bonchev–Trinajstić information content (AvgIpc) is 2.57. The predicted molar refractivity (Wildman–Crippen MR) is 86.1 cm³/mol. The summed E-state index contributed by atoms with van der Waals surface area (Å²) in [5.74, 6) is -1.25. The second-order valence-electron chi connectivity index (χ2n) is 4.97. The number of aromatic hydroxyl groups is 3. The molecule has 0 aromatic heterocycles. The smallest absolute Gasteiger partial charge is 0.348 e. The third-order valence-corrected chi connectivity index (χ3v) is 3.21. The number of hydrogen-bond acceptors (Lipinski definition) is 6. The third kappa shape index (κ3) is 4.52. The summed E-state index contributed by atoms with van der Waals surface area (Å²) in [4.78, 5) is 11.9. The van der Waals surface area contributed by atoms with Crippen LogP contribution < -0.4 is 0 Å². The van der Waals surface area contributed by atoms with Gasteiger partial charge in [0, 0.05) is 6.42 Å². The second-order valence-corrected chi connectivity index (χ2v) is 4.97. The summed E-state index contributed by atoms with van der Waals surface area (Å²) < 4.78 is 5.05. The van der Waals surface area contributed by atoms with Crippen molar-refractivity contribution in [1.29, 1.82) is 5.26 Å². The van der Waals surface area contributed by atoms with Crippen molar-refractivity contribution in [3.63, 3.8) is 0 Å². The van der Waals surface area contributed by atoms with Crippen molar-refractivity contribution in [2.75, 3.05) is 6.61 Å². The number of esters is 1. The van der Waals surface area contributed by atoms with Gasteiger partial charge in [0.25, 0.3) is 0 Å². The fourth-order valence-electron chi connectivity index (χ4n) is 1.94. The maximum absolute atomic E-state index is 11.9. The molecule has 0 aliphatic heterocycles. The van der Waals surface area contributed by atoms with Gasteiger partial charge in [-0.3, -0.25) is 0 Å². The van der Waals surface area contributed by atoms with Gasteiger partial charge in [-0.2, -0.15) is 5.26 Å². The van der Waals surface area contributed by atoms with Crippen LogP contribution in [0.3, 0.4) is 0 Å². The summed E-state index contributed by atoms with van der Waals surface area (Å²) >= 11 is 0. The maximum Gasteiger partial charge on any atom is 0.348 e. The third-order valence-electron chi connectivity index (χ3n) is 3.21. The molecule has 2 aromatic carbocycles. The molecular weight excluding hydrogens is 310 g/mol. The number of phenols is 3. The van der Waals surface area contributed by atoms with E-state index in [0.29, 0.717) is 12.0 Å². The average molecular weight is 325 g/mol. The van der Waals surface area contributed by atoms with Crippen LogP contribution in [0.1, 0.15) is 11.1 Å². The lowest BCUT2D eigenvalue weighted by Crippen LogP contribution is -2.09. The molecule has 3 N–H and O–H groups in total. The number of rotatable bonds is 5. The fraction of sp³-hybridized carbons (Fsp3) is 0.111. The van der Waals surface area contributed by atoms with Crippen LogP contribution in [0.4, 0.5) is 0 Å². The molecule has 0 atom stereocenters. The molecule has 24 heavy (non-hydrogen) atoms. The molecule has 0 saturated carbocycles. The predicted octanol–water partition coefficient (Wildman–Crippen LogP) is 2.50. The molecular formula is C18H15NO5.